The molecule has 3 aromatic carbocycles. The van der Waals surface area contributed by atoms with Crippen molar-refractivity contribution >= 4 is 30.0 Å². The first-order chi connectivity index (χ1) is 25.2. The third-order valence-corrected chi connectivity index (χ3v) is 8.02. The van der Waals surface area contributed by atoms with Crippen LogP contribution in [0.1, 0.15) is 63.9 Å². The summed E-state index contributed by atoms with van der Waals surface area (Å²) >= 11 is 0. The van der Waals surface area contributed by atoms with E-state index in [9.17, 15) is 19.2 Å². The molecule has 0 atom stereocenters. The van der Waals surface area contributed by atoms with Crippen molar-refractivity contribution in [2.45, 2.75) is 64.4 Å². The van der Waals surface area contributed by atoms with Gasteiger partial charge >= 0.3 is 23.9 Å². The first kappa shape index (κ1) is 39.2. The van der Waals surface area contributed by atoms with Crippen molar-refractivity contribution < 1.29 is 47.6 Å². The van der Waals surface area contributed by atoms with E-state index in [1.165, 1.54) is 6.08 Å². The second-order valence-corrected chi connectivity index (χ2v) is 12.4. The van der Waals surface area contributed by atoms with Crippen LogP contribution in [0.4, 0.5) is 0 Å². The van der Waals surface area contributed by atoms with Crippen LogP contribution in [-0.2, 0) is 33.4 Å². The fourth-order valence-electron chi connectivity index (χ4n) is 5.18. The molecule has 0 unspecified atom stereocenters. The van der Waals surface area contributed by atoms with E-state index in [0.29, 0.717) is 42.3 Å². The molecule has 52 heavy (non-hydrogen) atoms. The summed E-state index contributed by atoms with van der Waals surface area (Å²) in [5.74, 6) is -0.324. The minimum atomic E-state index is -0.594. The van der Waals surface area contributed by atoms with Gasteiger partial charge in [0, 0.05) is 17.2 Å². The quantitative estimate of drug-likeness (QED) is 0.0398. The van der Waals surface area contributed by atoms with Crippen LogP contribution >= 0.6 is 0 Å². The highest BCUT2D eigenvalue weighted by Gasteiger charge is 2.20. The predicted molar refractivity (Wildman–Crippen MR) is 197 cm³/mol. The SMILES string of the molecule is C=C(C)C(=O)OCCOc1ccc(-c2ccc(/C=C/C(=O)Oc3ccc(OCCCCOC(=O)C(=C)CC(=O)OC4CCCCC4)cc3)cc2)cc1. The molecular formula is C42H46O10. The normalized spacial score (nSPS) is 12.8. The Morgan fingerprint density at radius 3 is 1.88 bits per heavy atom. The van der Waals surface area contributed by atoms with Crippen LogP contribution in [-0.4, -0.2) is 56.4 Å². The maximum Gasteiger partial charge on any atom is 0.336 e. The Morgan fingerprint density at radius 2 is 1.23 bits per heavy atom. The molecule has 0 amide bonds. The molecule has 0 bridgehead atoms. The van der Waals surface area contributed by atoms with Crippen molar-refractivity contribution in [3.05, 3.63) is 109 Å². The van der Waals surface area contributed by atoms with E-state index in [-0.39, 0.29) is 37.9 Å². The third-order valence-electron chi connectivity index (χ3n) is 8.02. The predicted octanol–water partition coefficient (Wildman–Crippen LogP) is 7.99. The van der Waals surface area contributed by atoms with Gasteiger partial charge in [0.1, 0.15) is 36.6 Å². The fraction of sp³-hybridized carbons (Fsp3) is 0.333. The number of ether oxygens (including phenoxy) is 6. The number of hydrogen-bond acceptors (Lipinski definition) is 10. The van der Waals surface area contributed by atoms with Gasteiger partial charge in [-0.1, -0.05) is 56.0 Å². The van der Waals surface area contributed by atoms with Gasteiger partial charge < -0.3 is 28.4 Å². The number of hydrogen-bond donors (Lipinski definition) is 0. The summed E-state index contributed by atoms with van der Waals surface area (Å²) in [6, 6.07) is 22.0. The molecule has 10 heteroatoms. The van der Waals surface area contributed by atoms with Crippen LogP contribution < -0.4 is 14.2 Å². The minimum Gasteiger partial charge on any atom is -0.494 e. The summed E-state index contributed by atoms with van der Waals surface area (Å²) < 4.78 is 32.4. The zero-order valence-electron chi connectivity index (χ0n) is 29.6. The highest BCUT2D eigenvalue weighted by Crippen LogP contribution is 2.24. The van der Waals surface area contributed by atoms with Gasteiger partial charge in [-0.15, -0.1) is 0 Å². The van der Waals surface area contributed by atoms with E-state index < -0.39 is 23.9 Å². The summed E-state index contributed by atoms with van der Waals surface area (Å²) in [6.07, 6.45) is 9.07. The lowest BCUT2D eigenvalue weighted by Crippen LogP contribution is -2.22. The Hall–Kier alpha value is -5.64. The van der Waals surface area contributed by atoms with Gasteiger partial charge in [0.2, 0.25) is 0 Å². The van der Waals surface area contributed by atoms with Crippen molar-refractivity contribution in [3.63, 3.8) is 0 Å². The van der Waals surface area contributed by atoms with Crippen LogP contribution in [0.2, 0.25) is 0 Å². The lowest BCUT2D eigenvalue weighted by Gasteiger charge is -2.21. The van der Waals surface area contributed by atoms with Crippen LogP contribution in [0.15, 0.2) is 103 Å². The summed E-state index contributed by atoms with van der Waals surface area (Å²) in [6.45, 7) is 9.79. The van der Waals surface area contributed by atoms with Crippen molar-refractivity contribution in [2.24, 2.45) is 0 Å². The molecule has 0 radical (unpaired) electrons. The first-order valence-corrected chi connectivity index (χ1v) is 17.5. The molecule has 0 heterocycles. The Kier molecular flexibility index (Phi) is 15.7. The summed E-state index contributed by atoms with van der Waals surface area (Å²) in [5.41, 5.74) is 3.27. The van der Waals surface area contributed by atoms with E-state index in [1.807, 2.05) is 48.5 Å². The molecule has 274 valence electrons. The zero-order valence-corrected chi connectivity index (χ0v) is 29.6. The fourth-order valence-corrected chi connectivity index (χ4v) is 5.18. The Bertz CT molecular complexity index is 1680. The molecule has 0 aliphatic heterocycles. The number of esters is 4. The summed E-state index contributed by atoms with van der Waals surface area (Å²) in [7, 11) is 0. The Balaban J connectivity index is 1.08. The van der Waals surface area contributed by atoms with E-state index >= 15 is 0 Å². The van der Waals surface area contributed by atoms with E-state index in [4.69, 9.17) is 28.4 Å². The monoisotopic (exact) mass is 710 g/mol. The number of rotatable bonds is 19. The average Bonchev–Trinajstić information content (AvgIpc) is 3.15. The van der Waals surface area contributed by atoms with Crippen molar-refractivity contribution in [1.82, 2.24) is 0 Å². The molecule has 10 nitrogen and oxygen atoms in total. The molecule has 3 aromatic rings. The van der Waals surface area contributed by atoms with Gasteiger partial charge in [-0.05, 0) is 105 Å². The first-order valence-electron chi connectivity index (χ1n) is 17.5. The molecule has 0 aromatic heterocycles. The highest BCUT2D eigenvalue weighted by molar-refractivity contribution is 5.93. The lowest BCUT2D eigenvalue weighted by molar-refractivity contribution is -0.151. The van der Waals surface area contributed by atoms with Crippen LogP contribution in [0, 0.1) is 0 Å². The van der Waals surface area contributed by atoms with Gasteiger partial charge in [0.05, 0.1) is 19.6 Å². The molecule has 1 fully saturated rings. The van der Waals surface area contributed by atoms with Crippen LogP contribution in [0.25, 0.3) is 17.2 Å². The lowest BCUT2D eigenvalue weighted by atomic mass is 9.98. The molecule has 4 rings (SSSR count). The van der Waals surface area contributed by atoms with E-state index in [0.717, 1.165) is 48.8 Å². The van der Waals surface area contributed by atoms with Gasteiger partial charge in [-0.3, -0.25) is 4.79 Å². The van der Waals surface area contributed by atoms with Crippen LogP contribution in [0.3, 0.4) is 0 Å². The average molecular weight is 711 g/mol. The Labute approximate surface area is 305 Å². The van der Waals surface area contributed by atoms with Gasteiger partial charge in [0.25, 0.3) is 0 Å². The number of unbranched alkanes of at least 4 members (excludes halogenated alkanes) is 1. The number of benzene rings is 3. The Morgan fingerprint density at radius 1 is 0.673 bits per heavy atom. The molecule has 0 N–H and O–H groups in total. The largest absolute Gasteiger partial charge is 0.494 e. The van der Waals surface area contributed by atoms with Gasteiger partial charge in [-0.25, -0.2) is 14.4 Å². The van der Waals surface area contributed by atoms with E-state index in [1.54, 1.807) is 37.3 Å². The van der Waals surface area contributed by atoms with Crippen molar-refractivity contribution in [2.75, 3.05) is 26.4 Å². The van der Waals surface area contributed by atoms with Gasteiger partial charge in [-0.2, -0.15) is 0 Å². The molecule has 0 spiro atoms. The molecule has 0 saturated heterocycles. The number of carbonyl (C=O) groups excluding carboxylic acids is 4. The smallest absolute Gasteiger partial charge is 0.336 e. The van der Waals surface area contributed by atoms with Crippen molar-refractivity contribution in [1.29, 1.82) is 0 Å². The maximum absolute atomic E-state index is 12.4. The minimum absolute atomic E-state index is 0.0598. The van der Waals surface area contributed by atoms with Crippen LogP contribution in [0.5, 0.6) is 17.2 Å². The summed E-state index contributed by atoms with van der Waals surface area (Å²) in [4.78, 5) is 48.1. The zero-order chi connectivity index (χ0) is 37.1. The number of carbonyl (C=O) groups is 4. The second kappa shape index (κ2) is 20.9. The second-order valence-electron chi connectivity index (χ2n) is 12.4. The highest BCUT2D eigenvalue weighted by atomic mass is 16.6. The summed E-state index contributed by atoms with van der Waals surface area (Å²) in [5, 5.41) is 0. The molecular weight excluding hydrogens is 664 g/mol. The molecule has 1 saturated carbocycles. The van der Waals surface area contributed by atoms with Gasteiger partial charge in [0.15, 0.2) is 0 Å². The maximum atomic E-state index is 12.4. The topological polar surface area (TPSA) is 124 Å². The van der Waals surface area contributed by atoms with Crippen molar-refractivity contribution in [3.8, 4) is 28.4 Å². The standard InChI is InChI=1S/C42H46O10/c1-30(2)41(45)50-28-27-48-35-18-16-34(17-19-35)33-14-11-32(12-15-33)13-24-39(43)51-38-22-20-36(21-23-38)47-25-7-8-26-49-42(46)31(3)29-40(44)52-37-9-5-4-6-10-37/h11-24,37H,1,3-10,25-29H2,2H3/b24-13+. The molecule has 1 aliphatic carbocycles. The third kappa shape index (κ3) is 13.9. The van der Waals surface area contributed by atoms with E-state index in [2.05, 4.69) is 13.2 Å². The molecule has 1 aliphatic rings.